The summed E-state index contributed by atoms with van der Waals surface area (Å²) < 4.78 is 10.7. The summed E-state index contributed by atoms with van der Waals surface area (Å²) in [5.41, 5.74) is 1.68. The maximum atomic E-state index is 11.6. The summed E-state index contributed by atoms with van der Waals surface area (Å²) >= 11 is 3.35. The fourth-order valence-corrected chi connectivity index (χ4v) is 1.78. The number of carbonyl (C=O) groups excluding carboxylic acids is 1. The summed E-state index contributed by atoms with van der Waals surface area (Å²) in [6.45, 7) is 1.68. The van der Waals surface area contributed by atoms with Crippen molar-refractivity contribution in [3.63, 3.8) is 0 Å². The Kier molecular flexibility index (Phi) is 3.28. The summed E-state index contributed by atoms with van der Waals surface area (Å²) in [6, 6.07) is 7.46. The fraction of sp³-hybridized carbons (Fsp3) is 0.167. The lowest BCUT2D eigenvalue weighted by molar-refractivity contribution is 0.0599. The molecule has 0 spiro atoms. The molecule has 0 bridgehead atoms. The second-order valence-corrected chi connectivity index (χ2v) is 4.38. The van der Waals surface area contributed by atoms with Gasteiger partial charge in [0.15, 0.2) is 0 Å². The molecule has 0 amide bonds. The van der Waals surface area contributed by atoms with Crippen LogP contribution in [0.3, 0.4) is 0 Å². The van der Waals surface area contributed by atoms with Gasteiger partial charge in [-0.05, 0) is 19.1 Å². The quantitative estimate of drug-likeness (QED) is 0.799. The Morgan fingerprint density at radius 1 is 1.35 bits per heavy atom. The zero-order chi connectivity index (χ0) is 12.4. The highest BCUT2D eigenvalue weighted by Gasteiger charge is 2.21. The Balaban J connectivity index is 2.52. The van der Waals surface area contributed by atoms with Crippen LogP contribution in [0.15, 0.2) is 33.3 Å². The van der Waals surface area contributed by atoms with Crippen LogP contribution < -0.4 is 0 Å². The van der Waals surface area contributed by atoms with Gasteiger partial charge in [0.05, 0.1) is 7.11 Å². The molecule has 17 heavy (non-hydrogen) atoms. The molecule has 5 heteroatoms. The fourth-order valence-electron chi connectivity index (χ4n) is 1.52. The molecule has 0 fully saturated rings. The van der Waals surface area contributed by atoms with Crippen molar-refractivity contribution in [2.24, 2.45) is 0 Å². The van der Waals surface area contributed by atoms with E-state index >= 15 is 0 Å². The van der Waals surface area contributed by atoms with E-state index in [1.54, 1.807) is 6.92 Å². The molecule has 1 aromatic heterocycles. The Morgan fingerprint density at radius 3 is 2.59 bits per heavy atom. The minimum Gasteiger partial charge on any atom is -0.465 e. The lowest BCUT2D eigenvalue weighted by Crippen LogP contribution is -2.03. The van der Waals surface area contributed by atoms with Gasteiger partial charge in [-0.2, -0.15) is 0 Å². The van der Waals surface area contributed by atoms with Crippen molar-refractivity contribution in [1.82, 2.24) is 5.16 Å². The van der Waals surface area contributed by atoms with E-state index in [1.165, 1.54) is 7.11 Å². The van der Waals surface area contributed by atoms with Gasteiger partial charge in [0.2, 0.25) is 0 Å². The number of carbonyl (C=O) groups is 1. The summed E-state index contributed by atoms with van der Waals surface area (Å²) in [5, 5.41) is 3.89. The van der Waals surface area contributed by atoms with E-state index in [9.17, 15) is 4.79 Å². The molecule has 0 atom stereocenters. The number of ether oxygens (including phenoxy) is 1. The molecule has 0 saturated heterocycles. The van der Waals surface area contributed by atoms with Gasteiger partial charge in [-0.3, -0.25) is 0 Å². The number of nitrogens with zero attached hydrogens (tertiary/aromatic N) is 1. The zero-order valence-corrected chi connectivity index (χ0v) is 10.9. The first-order valence-electron chi connectivity index (χ1n) is 4.94. The van der Waals surface area contributed by atoms with Gasteiger partial charge in [0.25, 0.3) is 0 Å². The van der Waals surface area contributed by atoms with Crippen LogP contribution in [0, 0.1) is 6.92 Å². The minimum atomic E-state index is -0.443. The van der Waals surface area contributed by atoms with Crippen LogP contribution in [-0.2, 0) is 4.74 Å². The average Bonchev–Trinajstić information content (AvgIpc) is 2.71. The molecule has 0 aliphatic heterocycles. The Labute approximate surface area is 107 Å². The zero-order valence-electron chi connectivity index (χ0n) is 9.36. The highest BCUT2D eigenvalue weighted by atomic mass is 79.9. The molecule has 2 aromatic rings. The van der Waals surface area contributed by atoms with E-state index in [-0.39, 0.29) is 0 Å². The molecule has 0 radical (unpaired) electrons. The predicted molar refractivity (Wildman–Crippen MR) is 65.7 cm³/mol. The lowest BCUT2D eigenvalue weighted by atomic mass is 10.1. The molecule has 0 aliphatic carbocycles. The number of aryl methyl sites for hydroxylation is 1. The average molecular weight is 296 g/mol. The van der Waals surface area contributed by atoms with Crippen LogP contribution in [-0.4, -0.2) is 18.2 Å². The molecule has 88 valence electrons. The van der Waals surface area contributed by atoms with Crippen molar-refractivity contribution < 1.29 is 14.1 Å². The third kappa shape index (κ3) is 2.24. The van der Waals surface area contributed by atoms with Crippen molar-refractivity contribution in [3.8, 4) is 11.3 Å². The molecule has 1 heterocycles. The second kappa shape index (κ2) is 4.71. The number of benzene rings is 1. The molecule has 2 rings (SSSR count). The number of halogens is 1. The van der Waals surface area contributed by atoms with E-state index in [2.05, 4.69) is 21.1 Å². The standard InChI is InChI=1S/C12H10BrNO3/c1-7-10(12(15)16-2)11(14-17-7)8-3-5-9(13)6-4-8/h3-6H,1-2H3. The van der Waals surface area contributed by atoms with Crippen molar-refractivity contribution in [3.05, 3.63) is 40.1 Å². The van der Waals surface area contributed by atoms with E-state index in [1.807, 2.05) is 24.3 Å². The van der Waals surface area contributed by atoms with Crippen LogP contribution in [0.4, 0.5) is 0 Å². The van der Waals surface area contributed by atoms with Gasteiger partial charge in [0.1, 0.15) is 17.0 Å². The van der Waals surface area contributed by atoms with Crippen LogP contribution in [0.5, 0.6) is 0 Å². The SMILES string of the molecule is COC(=O)c1c(-c2ccc(Br)cc2)noc1C. The van der Waals surface area contributed by atoms with Gasteiger partial charge in [-0.15, -0.1) is 0 Å². The second-order valence-electron chi connectivity index (χ2n) is 3.46. The summed E-state index contributed by atoms with van der Waals surface area (Å²) in [5.74, 6) is 0.0106. The number of aromatic nitrogens is 1. The van der Waals surface area contributed by atoms with Crippen LogP contribution in [0.2, 0.25) is 0 Å². The van der Waals surface area contributed by atoms with Gasteiger partial charge >= 0.3 is 5.97 Å². The summed E-state index contributed by atoms with van der Waals surface area (Å²) in [4.78, 5) is 11.6. The van der Waals surface area contributed by atoms with Gasteiger partial charge in [0, 0.05) is 10.0 Å². The largest absolute Gasteiger partial charge is 0.465 e. The molecular formula is C12H10BrNO3. The highest BCUT2D eigenvalue weighted by Crippen LogP contribution is 2.26. The van der Waals surface area contributed by atoms with Crippen molar-refractivity contribution in [2.75, 3.05) is 7.11 Å². The number of esters is 1. The topological polar surface area (TPSA) is 52.3 Å². The Bertz CT molecular complexity index is 545. The van der Waals surface area contributed by atoms with Crippen LogP contribution in [0.25, 0.3) is 11.3 Å². The predicted octanol–water partition coefficient (Wildman–Crippen LogP) is 3.20. The van der Waals surface area contributed by atoms with Crippen molar-refractivity contribution in [2.45, 2.75) is 6.92 Å². The third-order valence-electron chi connectivity index (χ3n) is 2.37. The van der Waals surface area contributed by atoms with Crippen molar-refractivity contribution in [1.29, 1.82) is 0 Å². The van der Waals surface area contributed by atoms with E-state index in [4.69, 9.17) is 9.26 Å². The maximum Gasteiger partial charge on any atom is 0.343 e. The normalized spacial score (nSPS) is 10.3. The number of hydrogen-bond acceptors (Lipinski definition) is 4. The molecule has 0 saturated carbocycles. The number of methoxy groups -OCH3 is 1. The van der Waals surface area contributed by atoms with E-state index in [0.29, 0.717) is 17.0 Å². The molecule has 0 aliphatic rings. The Hall–Kier alpha value is -1.62. The molecule has 0 N–H and O–H groups in total. The third-order valence-corrected chi connectivity index (χ3v) is 2.90. The monoisotopic (exact) mass is 295 g/mol. The molecule has 4 nitrogen and oxygen atoms in total. The lowest BCUT2D eigenvalue weighted by Gasteiger charge is -2.00. The Morgan fingerprint density at radius 2 is 2.00 bits per heavy atom. The smallest absolute Gasteiger partial charge is 0.343 e. The summed E-state index contributed by atoms with van der Waals surface area (Å²) in [7, 11) is 1.33. The van der Waals surface area contributed by atoms with Gasteiger partial charge < -0.3 is 9.26 Å². The molecule has 1 aromatic carbocycles. The first-order chi connectivity index (χ1) is 8.13. The summed E-state index contributed by atoms with van der Waals surface area (Å²) in [6.07, 6.45) is 0. The van der Waals surface area contributed by atoms with Crippen LogP contribution >= 0.6 is 15.9 Å². The van der Waals surface area contributed by atoms with Gasteiger partial charge in [-0.1, -0.05) is 33.2 Å². The first kappa shape index (κ1) is 11.9. The number of rotatable bonds is 2. The van der Waals surface area contributed by atoms with Crippen LogP contribution in [0.1, 0.15) is 16.1 Å². The first-order valence-corrected chi connectivity index (χ1v) is 5.73. The molecule has 0 unspecified atom stereocenters. The molecular weight excluding hydrogens is 286 g/mol. The maximum absolute atomic E-state index is 11.6. The highest BCUT2D eigenvalue weighted by molar-refractivity contribution is 9.10. The van der Waals surface area contributed by atoms with Crippen molar-refractivity contribution >= 4 is 21.9 Å². The van der Waals surface area contributed by atoms with E-state index in [0.717, 1.165) is 10.0 Å². The minimum absolute atomic E-state index is 0.370. The van der Waals surface area contributed by atoms with E-state index < -0.39 is 5.97 Å². The van der Waals surface area contributed by atoms with Gasteiger partial charge in [-0.25, -0.2) is 4.79 Å². The number of hydrogen-bond donors (Lipinski definition) is 0.